The molecule has 20 heavy (non-hydrogen) atoms. The Kier molecular flexibility index (Phi) is 4.27. The molecule has 0 spiro atoms. The van der Waals surface area contributed by atoms with Crippen molar-refractivity contribution in [2.45, 2.75) is 32.2 Å². The highest BCUT2D eigenvalue weighted by molar-refractivity contribution is 5.89. The molecule has 0 saturated carbocycles. The second kappa shape index (κ2) is 5.94. The molecule has 5 nitrogen and oxygen atoms in total. The zero-order chi connectivity index (χ0) is 14.7. The molecule has 0 aliphatic carbocycles. The molecule has 0 radical (unpaired) electrons. The van der Waals surface area contributed by atoms with E-state index in [1.807, 2.05) is 38.1 Å². The monoisotopic (exact) mass is 277 g/mol. The van der Waals surface area contributed by atoms with E-state index in [1.165, 1.54) is 0 Å². The molecule has 5 heteroatoms. The van der Waals surface area contributed by atoms with Gasteiger partial charge in [0.1, 0.15) is 24.3 Å². The molecule has 2 atom stereocenters. The summed E-state index contributed by atoms with van der Waals surface area (Å²) in [7, 11) is 0. The van der Waals surface area contributed by atoms with Crippen LogP contribution in [0.2, 0.25) is 0 Å². The number of carboxylic acids is 1. The van der Waals surface area contributed by atoms with Crippen LogP contribution in [0.4, 0.5) is 0 Å². The third kappa shape index (κ3) is 3.10. The summed E-state index contributed by atoms with van der Waals surface area (Å²) >= 11 is 0. The van der Waals surface area contributed by atoms with Crippen LogP contribution in [0.5, 0.6) is 5.75 Å². The van der Waals surface area contributed by atoms with Gasteiger partial charge in [-0.15, -0.1) is 0 Å². The van der Waals surface area contributed by atoms with Crippen molar-refractivity contribution in [3.63, 3.8) is 0 Å². The number of benzene rings is 1. The van der Waals surface area contributed by atoms with Gasteiger partial charge < -0.3 is 15.2 Å². The first-order valence-corrected chi connectivity index (χ1v) is 6.74. The van der Waals surface area contributed by atoms with Crippen LogP contribution in [0.3, 0.4) is 0 Å². The number of fused-ring (bicyclic) bond motifs is 1. The smallest absolute Gasteiger partial charge is 0.326 e. The first-order valence-electron chi connectivity index (χ1n) is 6.74. The van der Waals surface area contributed by atoms with Crippen LogP contribution in [0.15, 0.2) is 24.3 Å². The van der Waals surface area contributed by atoms with Crippen LogP contribution in [0, 0.1) is 5.92 Å². The van der Waals surface area contributed by atoms with Crippen LogP contribution in [-0.4, -0.2) is 29.6 Å². The third-order valence-corrected chi connectivity index (χ3v) is 3.34. The minimum atomic E-state index is -1.00. The number of hydrogen-bond acceptors (Lipinski definition) is 3. The maximum atomic E-state index is 12.2. The second-order valence-electron chi connectivity index (χ2n) is 5.43. The van der Waals surface area contributed by atoms with Crippen molar-refractivity contribution in [1.29, 1.82) is 0 Å². The summed E-state index contributed by atoms with van der Waals surface area (Å²) in [6.45, 7) is 4.12. The molecule has 1 unspecified atom stereocenters. The lowest BCUT2D eigenvalue weighted by Crippen LogP contribution is -2.44. The number of amides is 1. The predicted molar refractivity (Wildman–Crippen MR) is 73.7 cm³/mol. The van der Waals surface area contributed by atoms with Crippen molar-refractivity contribution in [2.24, 2.45) is 5.92 Å². The Morgan fingerprint density at radius 2 is 2.10 bits per heavy atom. The van der Waals surface area contributed by atoms with E-state index >= 15 is 0 Å². The average molecular weight is 277 g/mol. The highest BCUT2D eigenvalue weighted by atomic mass is 16.5. The van der Waals surface area contributed by atoms with E-state index in [1.54, 1.807) is 0 Å². The lowest BCUT2D eigenvalue weighted by atomic mass is 9.98. The molecule has 1 amide bonds. The van der Waals surface area contributed by atoms with Crippen molar-refractivity contribution >= 4 is 11.9 Å². The van der Waals surface area contributed by atoms with Gasteiger partial charge in [0.2, 0.25) is 5.91 Å². The Morgan fingerprint density at radius 3 is 2.75 bits per heavy atom. The molecule has 2 rings (SSSR count). The number of para-hydroxylation sites is 1. The molecule has 108 valence electrons. The third-order valence-electron chi connectivity index (χ3n) is 3.34. The molecule has 0 saturated heterocycles. The standard InChI is InChI=1S/C15H19NO4/c1-9(2)7-12(15(18)19)16-14(17)11-8-20-13-6-4-3-5-10(11)13/h3-6,9,11-12H,7-8H2,1-2H3,(H,16,17)(H,18,19)/t11?,12-/m1/s1. The number of aliphatic carboxylic acids is 1. The van der Waals surface area contributed by atoms with Gasteiger partial charge in [0, 0.05) is 5.56 Å². The number of carbonyl (C=O) groups is 2. The summed E-state index contributed by atoms with van der Waals surface area (Å²) in [4.78, 5) is 23.4. The van der Waals surface area contributed by atoms with E-state index in [4.69, 9.17) is 9.84 Å². The first kappa shape index (κ1) is 14.4. The van der Waals surface area contributed by atoms with Crippen molar-refractivity contribution < 1.29 is 19.4 Å². The number of carboxylic acid groups (broad SMARTS) is 1. The van der Waals surface area contributed by atoms with E-state index in [9.17, 15) is 9.59 Å². The molecule has 0 fully saturated rings. The Hall–Kier alpha value is -2.04. The van der Waals surface area contributed by atoms with E-state index in [0.29, 0.717) is 12.2 Å². The molecule has 1 aromatic carbocycles. The van der Waals surface area contributed by atoms with Gasteiger partial charge in [0.05, 0.1) is 0 Å². The topological polar surface area (TPSA) is 75.6 Å². The van der Waals surface area contributed by atoms with Gasteiger partial charge in [-0.1, -0.05) is 32.0 Å². The van der Waals surface area contributed by atoms with Gasteiger partial charge in [-0.2, -0.15) is 0 Å². The SMILES string of the molecule is CC(C)C[C@@H](NC(=O)C1COc2ccccc21)C(=O)O. The fourth-order valence-electron chi connectivity index (χ4n) is 2.34. The summed E-state index contributed by atoms with van der Waals surface area (Å²) < 4.78 is 5.45. The summed E-state index contributed by atoms with van der Waals surface area (Å²) in [6, 6.07) is 6.49. The molecular formula is C15H19NO4. The minimum absolute atomic E-state index is 0.198. The molecule has 1 aromatic rings. The lowest BCUT2D eigenvalue weighted by molar-refractivity contribution is -0.142. The Bertz CT molecular complexity index is 512. The largest absolute Gasteiger partial charge is 0.492 e. The Morgan fingerprint density at radius 1 is 1.40 bits per heavy atom. The fourth-order valence-corrected chi connectivity index (χ4v) is 2.34. The van der Waals surface area contributed by atoms with Gasteiger partial charge in [-0.05, 0) is 18.4 Å². The summed E-state index contributed by atoms with van der Waals surface area (Å²) in [6.07, 6.45) is 0.413. The summed E-state index contributed by atoms with van der Waals surface area (Å²) in [5.41, 5.74) is 0.818. The Balaban J connectivity index is 2.07. The number of hydrogen-bond donors (Lipinski definition) is 2. The molecule has 0 aromatic heterocycles. The van der Waals surface area contributed by atoms with Crippen LogP contribution in [0.25, 0.3) is 0 Å². The van der Waals surface area contributed by atoms with Crippen molar-refractivity contribution in [3.8, 4) is 5.75 Å². The quantitative estimate of drug-likeness (QED) is 0.860. The molecule has 0 bridgehead atoms. The van der Waals surface area contributed by atoms with E-state index in [-0.39, 0.29) is 18.4 Å². The number of nitrogens with one attached hydrogen (secondary N) is 1. The van der Waals surface area contributed by atoms with Gasteiger partial charge in [-0.25, -0.2) is 4.79 Å². The summed E-state index contributed by atoms with van der Waals surface area (Å²) in [5.74, 6) is -0.825. The van der Waals surface area contributed by atoms with E-state index < -0.39 is 17.9 Å². The summed E-state index contributed by atoms with van der Waals surface area (Å²) in [5, 5.41) is 11.8. The second-order valence-corrected chi connectivity index (χ2v) is 5.43. The van der Waals surface area contributed by atoms with E-state index in [0.717, 1.165) is 5.56 Å². The number of ether oxygens (including phenoxy) is 1. The number of rotatable bonds is 5. The Labute approximate surface area is 117 Å². The van der Waals surface area contributed by atoms with Crippen molar-refractivity contribution in [1.82, 2.24) is 5.32 Å². The van der Waals surface area contributed by atoms with Gasteiger partial charge in [0.15, 0.2) is 0 Å². The molecule has 1 aliphatic rings. The molecular weight excluding hydrogens is 258 g/mol. The maximum Gasteiger partial charge on any atom is 0.326 e. The molecule has 1 aliphatic heterocycles. The lowest BCUT2D eigenvalue weighted by Gasteiger charge is -2.18. The van der Waals surface area contributed by atoms with Gasteiger partial charge in [-0.3, -0.25) is 4.79 Å². The highest BCUT2D eigenvalue weighted by Crippen LogP contribution is 2.33. The van der Waals surface area contributed by atoms with Crippen molar-refractivity contribution in [2.75, 3.05) is 6.61 Å². The minimum Gasteiger partial charge on any atom is -0.492 e. The molecule has 2 N–H and O–H groups in total. The van der Waals surface area contributed by atoms with Crippen LogP contribution < -0.4 is 10.1 Å². The van der Waals surface area contributed by atoms with Crippen LogP contribution >= 0.6 is 0 Å². The zero-order valence-corrected chi connectivity index (χ0v) is 11.6. The zero-order valence-electron chi connectivity index (χ0n) is 11.6. The van der Waals surface area contributed by atoms with Gasteiger partial charge in [0.25, 0.3) is 0 Å². The maximum absolute atomic E-state index is 12.2. The fraction of sp³-hybridized carbons (Fsp3) is 0.467. The van der Waals surface area contributed by atoms with E-state index in [2.05, 4.69) is 5.32 Å². The van der Waals surface area contributed by atoms with Crippen molar-refractivity contribution in [3.05, 3.63) is 29.8 Å². The average Bonchev–Trinajstić information content (AvgIpc) is 2.81. The molecule has 1 heterocycles. The van der Waals surface area contributed by atoms with Crippen LogP contribution in [0.1, 0.15) is 31.7 Å². The number of carbonyl (C=O) groups excluding carboxylic acids is 1. The van der Waals surface area contributed by atoms with Crippen LogP contribution in [-0.2, 0) is 9.59 Å². The first-order chi connectivity index (χ1) is 9.49. The normalized spacial score (nSPS) is 18.2. The predicted octanol–water partition coefficient (Wildman–Crippen LogP) is 1.78. The van der Waals surface area contributed by atoms with Gasteiger partial charge >= 0.3 is 5.97 Å². The highest BCUT2D eigenvalue weighted by Gasteiger charge is 2.32.